The molecule has 4 nitrogen and oxygen atoms in total. The van der Waals surface area contributed by atoms with Gasteiger partial charge in [0, 0.05) is 25.0 Å². The molecule has 4 fully saturated rings. The minimum atomic E-state index is -0.610. The van der Waals surface area contributed by atoms with Gasteiger partial charge in [-0.2, -0.15) is 0 Å². The van der Waals surface area contributed by atoms with E-state index >= 15 is 0 Å². The van der Waals surface area contributed by atoms with Gasteiger partial charge in [0.25, 0.3) is 0 Å². The van der Waals surface area contributed by atoms with Crippen LogP contribution in [-0.4, -0.2) is 59.2 Å². The van der Waals surface area contributed by atoms with Crippen LogP contribution < -0.4 is 0 Å². The van der Waals surface area contributed by atoms with Crippen molar-refractivity contribution in [2.45, 2.75) is 90.4 Å². The van der Waals surface area contributed by atoms with Crippen molar-refractivity contribution in [1.29, 1.82) is 0 Å². The molecule has 1 saturated heterocycles. The zero-order valence-corrected chi connectivity index (χ0v) is 20.8. The van der Waals surface area contributed by atoms with E-state index in [0.29, 0.717) is 30.1 Å². The SMILES string of the molecule is C=C1/C(=C\C=C2/CCC[C@]3(C)[C@@H](C(C)CN4CCOCC4(C)C)CC[C@@H]23)C[C@@H](O)C[C@@H]1O. The van der Waals surface area contributed by atoms with Gasteiger partial charge in [-0.3, -0.25) is 4.90 Å². The van der Waals surface area contributed by atoms with Crippen molar-refractivity contribution >= 4 is 0 Å². The van der Waals surface area contributed by atoms with Crippen LogP contribution in [0.25, 0.3) is 0 Å². The Balaban J connectivity index is 1.48. The zero-order valence-electron chi connectivity index (χ0n) is 20.8. The van der Waals surface area contributed by atoms with Crippen LogP contribution in [0, 0.1) is 23.2 Å². The molecule has 2 N–H and O–H groups in total. The van der Waals surface area contributed by atoms with E-state index in [4.69, 9.17) is 4.74 Å². The molecule has 4 aliphatic rings. The number of aliphatic hydroxyl groups excluding tert-OH is 2. The van der Waals surface area contributed by atoms with E-state index in [1.165, 1.54) is 38.6 Å². The minimum absolute atomic E-state index is 0.132. The largest absolute Gasteiger partial charge is 0.393 e. The first kappa shape index (κ1) is 24.2. The molecule has 0 amide bonds. The van der Waals surface area contributed by atoms with Crippen molar-refractivity contribution in [2.75, 3.05) is 26.3 Å². The summed E-state index contributed by atoms with van der Waals surface area (Å²) in [5.74, 6) is 2.10. The summed E-state index contributed by atoms with van der Waals surface area (Å²) >= 11 is 0. The Morgan fingerprint density at radius 3 is 2.75 bits per heavy atom. The van der Waals surface area contributed by atoms with Crippen LogP contribution in [-0.2, 0) is 4.74 Å². The molecule has 1 heterocycles. The molecule has 6 atom stereocenters. The number of morpholine rings is 1. The highest BCUT2D eigenvalue weighted by Gasteiger charge is 2.51. The Morgan fingerprint density at radius 2 is 2.00 bits per heavy atom. The number of rotatable bonds is 4. The fourth-order valence-electron chi connectivity index (χ4n) is 7.38. The molecule has 32 heavy (non-hydrogen) atoms. The van der Waals surface area contributed by atoms with E-state index in [-0.39, 0.29) is 5.54 Å². The molecule has 0 bridgehead atoms. The first-order chi connectivity index (χ1) is 15.1. The van der Waals surface area contributed by atoms with Gasteiger partial charge in [0.1, 0.15) is 0 Å². The number of nitrogens with zero attached hydrogens (tertiary/aromatic N) is 1. The summed E-state index contributed by atoms with van der Waals surface area (Å²) in [5, 5.41) is 20.3. The lowest BCUT2D eigenvalue weighted by atomic mass is 9.61. The number of aliphatic hydroxyl groups is 2. The first-order valence-electron chi connectivity index (χ1n) is 12.9. The van der Waals surface area contributed by atoms with Gasteiger partial charge in [0.05, 0.1) is 25.4 Å². The fraction of sp³-hybridized carbons (Fsp3) is 0.786. The molecule has 1 unspecified atom stereocenters. The number of hydrogen-bond donors (Lipinski definition) is 2. The maximum atomic E-state index is 10.2. The Labute approximate surface area is 195 Å². The van der Waals surface area contributed by atoms with Gasteiger partial charge in [0.2, 0.25) is 0 Å². The van der Waals surface area contributed by atoms with Crippen molar-refractivity contribution < 1.29 is 14.9 Å². The quantitative estimate of drug-likeness (QED) is 0.651. The highest BCUT2D eigenvalue weighted by molar-refractivity contribution is 5.38. The normalized spacial score (nSPS) is 41.8. The molecular formula is C28H45NO3. The predicted octanol–water partition coefficient (Wildman–Crippen LogP) is 4.87. The summed E-state index contributed by atoms with van der Waals surface area (Å²) < 4.78 is 5.75. The molecule has 180 valence electrons. The molecule has 3 aliphatic carbocycles. The second-order valence-electron chi connectivity index (χ2n) is 12.0. The molecule has 0 aromatic rings. The third-order valence-electron chi connectivity index (χ3n) is 9.31. The van der Waals surface area contributed by atoms with Gasteiger partial charge in [0.15, 0.2) is 0 Å². The molecule has 0 aromatic heterocycles. The van der Waals surface area contributed by atoms with Crippen molar-refractivity contribution in [3.63, 3.8) is 0 Å². The van der Waals surface area contributed by atoms with E-state index in [1.54, 1.807) is 5.57 Å². The van der Waals surface area contributed by atoms with Crippen LogP contribution in [0.4, 0.5) is 0 Å². The third kappa shape index (κ3) is 4.66. The van der Waals surface area contributed by atoms with E-state index in [0.717, 1.165) is 36.8 Å². The lowest BCUT2D eigenvalue weighted by Gasteiger charge is -2.48. The smallest absolute Gasteiger partial charge is 0.0811 e. The molecule has 0 aromatic carbocycles. The molecule has 4 heteroatoms. The average molecular weight is 444 g/mol. The highest BCUT2D eigenvalue weighted by atomic mass is 16.5. The van der Waals surface area contributed by atoms with Crippen molar-refractivity contribution in [2.24, 2.45) is 23.2 Å². The Hall–Kier alpha value is -0.940. The van der Waals surface area contributed by atoms with Gasteiger partial charge in [-0.05, 0) is 86.7 Å². The van der Waals surface area contributed by atoms with Crippen molar-refractivity contribution in [3.05, 3.63) is 35.5 Å². The lowest BCUT2D eigenvalue weighted by molar-refractivity contribution is -0.0638. The molecular weight excluding hydrogens is 398 g/mol. The topological polar surface area (TPSA) is 52.9 Å². The van der Waals surface area contributed by atoms with Gasteiger partial charge >= 0.3 is 0 Å². The molecule has 1 aliphatic heterocycles. The van der Waals surface area contributed by atoms with E-state index in [1.807, 2.05) is 0 Å². The van der Waals surface area contributed by atoms with Gasteiger partial charge < -0.3 is 14.9 Å². The standard InChI is InChI=1S/C28H45NO3/c1-19(17-29-13-14-32-18-27(29,3)4)24-10-11-25-21(7-6-12-28(24,25)5)8-9-22-15-23(30)16-26(31)20(22)2/h8-9,19,23-26,30-31H,2,6-7,10-18H2,1,3-5H3/b21-8+,22-9-/t19?,23-,24-,25+,26+,28-/m1/s1. The summed E-state index contributed by atoms with van der Waals surface area (Å²) in [4.78, 5) is 2.66. The van der Waals surface area contributed by atoms with Crippen molar-refractivity contribution in [3.8, 4) is 0 Å². The van der Waals surface area contributed by atoms with Crippen LogP contribution >= 0.6 is 0 Å². The van der Waals surface area contributed by atoms with Gasteiger partial charge in [-0.1, -0.05) is 38.2 Å². The monoisotopic (exact) mass is 443 g/mol. The Morgan fingerprint density at radius 1 is 1.22 bits per heavy atom. The predicted molar refractivity (Wildman–Crippen MR) is 130 cm³/mol. The highest BCUT2D eigenvalue weighted by Crippen LogP contribution is 2.59. The molecule has 4 rings (SSSR count). The van der Waals surface area contributed by atoms with Crippen LogP contribution in [0.2, 0.25) is 0 Å². The maximum absolute atomic E-state index is 10.2. The number of ether oxygens (including phenoxy) is 1. The van der Waals surface area contributed by atoms with E-state index in [2.05, 4.69) is 51.3 Å². The van der Waals surface area contributed by atoms with Crippen LogP contribution in [0.5, 0.6) is 0 Å². The van der Waals surface area contributed by atoms with Crippen LogP contribution in [0.1, 0.15) is 72.6 Å². The third-order valence-corrected chi connectivity index (χ3v) is 9.31. The second kappa shape index (κ2) is 9.37. The summed E-state index contributed by atoms with van der Waals surface area (Å²) in [7, 11) is 0. The summed E-state index contributed by atoms with van der Waals surface area (Å²) in [6, 6.07) is 0. The second-order valence-corrected chi connectivity index (χ2v) is 12.0. The first-order valence-corrected chi connectivity index (χ1v) is 12.9. The lowest BCUT2D eigenvalue weighted by Crippen LogP contribution is -2.55. The summed E-state index contributed by atoms with van der Waals surface area (Å²) in [6.45, 7) is 17.7. The maximum Gasteiger partial charge on any atom is 0.0811 e. The Kier molecular flexibility index (Phi) is 7.08. The van der Waals surface area contributed by atoms with Gasteiger partial charge in [-0.15, -0.1) is 0 Å². The number of hydrogen-bond acceptors (Lipinski definition) is 4. The zero-order chi connectivity index (χ0) is 23.1. The van der Waals surface area contributed by atoms with Crippen LogP contribution in [0.3, 0.4) is 0 Å². The average Bonchev–Trinajstić information content (AvgIpc) is 3.08. The van der Waals surface area contributed by atoms with Crippen LogP contribution in [0.15, 0.2) is 35.5 Å². The summed E-state index contributed by atoms with van der Waals surface area (Å²) in [6.07, 6.45) is 10.8. The number of fused-ring (bicyclic) bond motifs is 1. The van der Waals surface area contributed by atoms with Gasteiger partial charge in [-0.25, -0.2) is 0 Å². The Bertz CT molecular complexity index is 769. The molecule has 3 saturated carbocycles. The molecule has 0 spiro atoms. The minimum Gasteiger partial charge on any atom is -0.393 e. The van der Waals surface area contributed by atoms with Crippen molar-refractivity contribution in [1.82, 2.24) is 4.90 Å². The van der Waals surface area contributed by atoms with E-state index in [9.17, 15) is 10.2 Å². The van der Waals surface area contributed by atoms with E-state index < -0.39 is 12.2 Å². The number of allylic oxidation sites excluding steroid dienone is 3. The summed E-state index contributed by atoms with van der Waals surface area (Å²) in [5.41, 5.74) is 3.90. The molecule has 0 radical (unpaired) electrons. The fourth-order valence-corrected chi connectivity index (χ4v) is 7.38.